The van der Waals surface area contributed by atoms with E-state index in [1.54, 1.807) is 0 Å². The van der Waals surface area contributed by atoms with E-state index >= 15 is 0 Å². The van der Waals surface area contributed by atoms with Crippen LogP contribution < -0.4 is 10.6 Å². The van der Waals surface area contributed by atoms with Crippen molar-refractivity contribution in [3.63, 3.8) is 0 Å². The fraction of sp³-hybridized carbons (Fsp3) is 0.235. The monoisotopic (exact) mass is 346 g/mol. The van der Waals surface area contributed by atoms with Crippen LogP contribution in [0.25, 0.3) is 0 Å². The molecule has 0 aromatic heterocycles. The predicted octanol–water partition coefficient (Wildman–Crippen LogP) is 4.51. The Morgan fingerprint density at radius 1 is 1.05 bits per heavy atom. The lowest BCUT2D eigenvalue weighted by Crippen LogP contribution is -2.17. The van der Waals surface area contributed by atoms with E-state index in [2.05, 4.69) is 26.6 Å². The first-order chi connectivity index (χ1) is 10.1. The van der Waals surface area contributed by atoms with E-state index in [-0.39, 0.29) is 5.91 Å². The minimum atomic E-state index is 0.0169. The average Bonchev–Trinajstić information content (AvgIpc) is 2.46. The fourth-order valence-corrected chi connectivity index (χ4v) is 2.44. The van der Waals surface area contributed by atoms with E-state index in [1.807, 2.05) is 56.3 Å². The number of benzene rings is 2. The van der Waals surface area contributed by atoms with Crippen LogP contribution in [0.3, 0.4) is 0 Å². The number of nitrogens with one attached hydrogen (secondary N) is 2. The van der Waals surface area contributed by atoms with Crippen LogP contribution in [0.1, 0.15) is 17.5 Å². The molecule has 0 atom stereocenters. The summed E-state index contributed by atoms with van der Waals surface area (Å²) in [5.74, 6) is 0.0169. The van der Waals surface area contributed by atoms with Gasteiger partial charge < -0.3 is 10.6 Å². The molecule has 0 saturated heterocycles. The second-order valence-electron chi connectivity index (χ2n) is 4.95. The number of carbonyl (C=O) groups is 1. The van der Waals surface area contributed by atoms with Gasteiger partial charge in [-0.15, -0.1) is 0 Å². The maximum atomic E-state index is 12.0. The third-order valence-corrected chi connectivity index (χ3v) is 4.11. The molecule has 1 amide bonds. The van der Waals surface area contributed by atoms with Crippen molar-refractivity contribution >= 4 is 33.2 Å². The summed E-state index contributed by atoms with van der Waals surface area (Å²) in [6.45, 7) is 4.66. The first-order valence-corrected chi connectivity index (χ1v) is 7.71. The Kier molecular flexibility index (Phi) is 5.39. The van der Waals surface area contributed by atoms with Crippen LogP contribution in [0.5, 0.6) is 0 Å². The molecule has 2 rings (SSSR count). The third-order valence-electron chi connectivity index (χ3n) is 3.42. The van der Waals surface area contributed by atoms with E-state index in [1.165, 1.54) is 5.56 Å². The Morgan fingerprint density at radius 2 is 1.76 bits per heavy atom. The summed E-state index contributed by atoms with van der Waals surface area (Å²) < 4.78 is 1.000. The molecule has 4 heteroatoms. The van der Waals surface area contributed by atoms with E-state index in [0.717, 1.165) is 21.4 Å². The molecule has 0 unspecified atom stereocenters. The van der Waals surface area contributed by atoms with Gasteiger partial charge in [-0.3, -0.25) is 4.79 Å². The minimum absolute atomic E-state index is 0.0169. The second kappa shape index (κ2) is 7.27. The third kappa shape index (κ3) is 4.33. The molecule has 21 heavy (non-hydrogen) atoms. The highest BCUT2D eigenvalue weighted by atomic mass is 79.9. The standard InChI is InChI=1S/C17H19BrN2O/c1-12-6-5-9-15(13(12)2)20-17(21)10-11-19-16-8-4-3-7-14(16)18/h3-9,19H,10-11H2,1-2H3,(H,20,21). The molecule has 110 valence electrons. The topological polar surface area (TPSA) is 41.1 Å². The van der Waals surface area contributed by atoms with Crippen LogP contribution in [0, 0.1) is 13.8 Å². The Labute approximate surface area is 133 Å². The zero-order chi connectivity index (χ0) is 15.2. The molecule has 2 N–H and O–H groups in total. The molecule has 0 aliphatic heterocycles. The Balaban J connectivity index is 1.85. The summed E-state index contributed by atoms with van der Waals surface area (Å²) >= 11 is 3.47. The molecule has 2 aromatic carbocycles. The van der Waals surface area contributed by atoms with Gasteiger partial charge >= 0.3 is 0 Å². The van der Waals surface area contributed by atoms with Crippen molar-refractivity contribution in [1.29, 1.82) is 0 Å². The van der Waals surface area contributed by atoms with Gasteiger partial charge in [-0.2, -0.15) is 0 Å². The highest BCUT2D eigenvalue weighted by Crippen LogP contribution is 2.21. The van der Waals surface area contributed by atoms with Crippen molar-refractivity contribution in [3.05, 3.63) is 58.1 Å². The minimum Gasteiger partial charge on any atom is -0.384 e. The number of carbonyl (C=O) groups excluding carboxylic acids is 1. The van der Waals surface area contributed by atoms with E-state index in [9.17, 15) is 4.79 Å². The summed E-state index contributed by atoms with van der Waals surface area (Å²) in [6.07, 6.45) is 0.425. The average molecular weight is 347 g/mol. The van der Waals surface area contributed by atoms with Gasteiger partial charge in [-0.25, -0.2) is 0 Å². The Bertz CT molecular complexity index is 640. The van der Waals surface area contributed by atoms with Crippen molar-refractivity contribution in [1.82, 2.24) is 0 Å². The van der Waals surface area contributed by atoms with Crippen molar-refractivity contribution in [2.45, 2.75) is 20.3 Å². The van der Waals surface area contributed by atoms with Gasteiger partial charge in [-0.1, -0.05) is 24.3 Å². The summed E-state index contributed by atoms with van der Waals surface area (Å²) in [6, 6.07) is 13.8. The van der Waals surface area contributed by atoms with Gasteiger partial charge in [0.15, 0.2) is 0 Å². The smallest absolute Gasteiger partial charge is 0.226 e. The van der Waals surface area contributed by atoms with E-state index in [4.69, 9.17) is 0 Å². The van der Waals surface area contributed by atoms with E-state index < -0.39 is 0 Å². The van der Waals surface area contributed by atoms with Crippen molar-refractivity contribution in [2.24, 2.45) is 0 Å². The van der Waals surface area contributed by atoms with Crippen LogP contribution >= 0.6 is 15.9 Å². The first-order valence-electron chi connectivity index (χ1n) is 6.92. The summed E-state index contributed by atoms with van der Waals surface area (Å²) in [5.41, 5.74) is 4.18. The van der Waals surface area contributed by atoms with Crippen LogP contribution in [0.4, 0.5) is 11.4 Å². The number of hydrogen-bond acceptors (Lipinski definition) is 2. The lowest BCUT2D eigenvalue weighted by molar-refractivity contribution is -0.115. The SMILES string of the molecule is Cc1cccc(NC(=O)CCNc2ccccc2Br)c1C. The molecule has 0 spiro atoms. The summed E-state index contributed by atoms with van der Waals surface area (Å²) in [5, 5.41) is 6.21. The molecule has 0 heterocycles. The molecule has 0 bridgehead atoms. The van der Waals surface area contributed by atoms with Gasteiger partial charge in [0.1, 0.15) is 0 Å². The highest BCUT2D eigenvalue weighted by Gasteiger charge is 2.06. The number of halogens is 1. The van der Waals surface area contributed by atoms with Crippen molar-refractivity contribution in [2.75, 3.05) is 17.2 Å². The van der Waals surface area contributed by atoms with Gasteiger partial charge in [0.25, 0.3) is 0 Å². The number of anilines is 2. The number of hydrogen-bond donors (Lipinski definition) is 2. The number of aryl methyl sites for hydroxylation is 1. The fourth-order valence-electron chi connectivity index (χ4n) is 2.01. The van der Waals surface area contributed by atoms with Crippen LogP contribution in [-0.4, -0.2) is 12.5 Å². The number of amides is 1. The van der Waals surface area contributed by atoms with E-state index in [0.29, 0.717) is 13.0 Å². The van der Waals surface area contributed by atoms with Crippen LogP contribution in [-0.2, 0) is 4.79 Å². The van der Waals surface area contributed by atoms with Crippen LogP contribution in [0.15, 0.2) is 46.9 Å². The lowest BCUT2D eigenvalue weighted by atomic mass is 10.1. The van der Waals surface area contributed by atoms with Gasteiger partial charge in [0.05, 0.1) is 0 Å². The van der Waals surface area contributed by atoms with Gasteiger partial charge in [0, 0.05) is 28.8 Å². The molecule has 3 nitrogen and oxygen atoms in total. The zero-order valence-corrected chi connectivity index (χ0v) is 13.8. The summed E-state index contributed by atoms with van der Waals surface area (Å²) in [7, 11) is 0. The maximum Gasteiger partial charge on any atom is 0.226 e. The van der Waals surface area contributed by atoms with Gasteiger partial charge in [0.2, 0.25) is 5.91 Å². The lowest BCUT2D eigenvalue weighted by Gasteiger charge is -2.11. The zero-order valence-electron chi connectivity index (χ0n) is 12.2. The molecule has 0 aliphatic carbocycles. The number of rotatable bonds is 5. The molecule has 0 radical (unpaired) electrons. The van der Waals surface area contributed by atoms with Crippen LogP contribution in [0.2, 0.25) is 0 Å². The first kappa shape index (κ1) is 15.6. The molecule has 0 aliphatic rings. The highest BCUT2D eigenvalue weighted by molar-refractivity contribution is 9.10. The normalized spacial score (nSPS) is 10.2. The second-order valence-corrected chi connectivity index (χ2v) is 5.81. The predicted molar refractivity (Wildman–Crippen MR) is 91.8 cm³/mol. The maximum absolute atomic E-state index is 12.0. The van der Waals surface area contributed by atoms with Crippen molar-refractivity contribution < 1.29 is 4.79 Å². The number of para-hydroxylation sites is 1. The Morgan fingerprint density at radius 3 is 2.52 bits per heavy atom. The van der Waals surface area contributed by atoms with Crippen molar-refractivity contribution in [3.8, 4) is 0 Å². The molecular formula is C17H19BrN2O. The molecule has 0 saturated carbocycles. The molecular weight excluding hydrogens is 328 g/mol. The Hall–Kier alpha value is -1.81. The quantitative estimate of drug-likeness (QED) is 0.836. The van der Waals surface area contributed by atoms with Gasteiger partial charge in [-0.05, 0) is 59.1 Å². The largest absolute Gasteiger partial charge is 0.384 e. The molecule has 0 fully saturated rings. The molecule has 2 aromatic rings. The summed E-state index contributed by atoms with van der Waals surface area (Å²) in [4.78, 5) is 12.0.